The van der Waals surface area contributed by atoms with Crippen LogP contribution >= 0.6 is 0 Å². The number of hydrogen-bond acceptors (Lipinski definition) is 7. The zero-order chi connectivity index (χ0) is 20.4. The molecule has 2 atom stereocenters. The maximum atomic E-state index is 12.2. The Bertz CT molecular complexity index is 690. The first-order valence-corrected chi connectivity index (χ1v) is 7.71. The molecule has 0 aliphatic carbocycles. The minimum atomic E-state index is -1.63. The molecule has 0 saturated heterocycles. The van der Waals surface area contributed by atoms with E-state index in [0.717, 1.165) is 0 Å². The number of aromatic nitrogens is 2. The molecule has 0 saturated carbocycles. The van der Waals surface area contributed by atoms with Gasteiger partial charge in [-0.3, -0.25) is 19.2 Å². The van der Waals surface area contributed by atoms with Crippen LogP contribution in [-0.2, 0) is 30.4 Å². The second-order valence-corrected chi connectivity index (χ2v) is 5.38. The Hall–Kier alpha value is -3.48. The number of carboxylic acid groups (broad SMARTS) is 2. The summed E-state index contributed by atoms with van der Waals surface area (Å²) in [6.45, 7) is -0.955. The fourth-order valence-electron chi connectivity index (χ4n) is 1.99. The summed E-state index contributed by atoms with van der Waals surface area (Å²) in [5, 5.41) is 24.1. The molecule has 1 aromatic heterocycles. The van der Waals surface area contributed by atoms with Gasteiger partial charge >= 0.3 is 11.9 Å². The highest BCUT2D eigenvalue weighted by molar-refractivity contribution is 5.92. The van der Waals surface area contributed by atoms with Gasteiger partial charge in [0.05, 0.1) is 25.8 Å². The van der Waals surface area contributed by atoms with Gasteiger partial charge < -0.3 is 36.9 Å². The molecule has 27 heavy (non-hydrogen) atoms. The summed E-state index contributed by atoms with van der Waals surface area (Å²) in [5.41, 5.74) is 5.75. The summed E-state index contributed by atoms with van der Waals surface area (Å²) in [6.07, 6.45) is 2.07. The van der Waals surface area contributed by atoms with Crippen molar-refractivity contribution in [1.29, 1.82) is 0 Å². The molecule has 1 rings (SSSR count). The molecular weight excluding hydrogens is 364 g/mol. The number of aromatic amines is 1. The van der Waals surface area contributed by atoms with Crippen LogP contribution in [0, 0.1) is 0 Å². The molecule has 2 unspecified atom stereocenters. The molecule has 0 aliphatic rings. The number of imidazole rings is 1. The van der Waals surface area contributed by atoms with E-state index < -0.39 is 54.7 Å². The highest BCUT2D eigenvalue weighted by Gasteiger charge is 2.25. The van der Waals surface area contributed by atoms with E-state index in [1.165, 1.54) is 12.5 Å². The third-order valence-electron chi connectivity index (χ3n) is 3.25. The van der Waals surface area contributed by atoms with Gasteiger partial charge in [-0.2, -0.15) is 0 Å². The summed E-state index contributed by atoms with van der Waals surface area (Å²) in [6, 6.07) is -2.69. The number of H-pyrrole nitrogens is 1. The van der Waals surface area contributed by atoms with Crippen LogP contribution in [0.1, 0.15) is 12.1 Å². The average molecular weight is 384 g/mol. The SMILES string of the molecule is NCC(=O)NC(Cc1cnc[nH]1)C(=O)NCC(=O)NC(CC(=O)O)C(=O)O. The van der Waals surface area contributed by atoms with E-state index in [9.17, 15) is 24.0 Å². The fourth-order valence-corrected chi connectivity index (χ4v) is 1.99. The topological polar surface area (TPSA) is 217 Å². The molecule has 148 valence electrons. The summed E-state index contributed by atoms with van der Waals surface area (Å²) in [5.74, 6) is -5.14. The summed E-state index contributed by atoms with van der Waals surface area (Å²) in [4.78, 5) is 63.5. The number of rotatable bonds is 11. The van der Waals surface area contributed by atoms with Gasteiger partial charge in [-0.05, 0) is 0 Å². The zero-order valence-electron chi connectivity index (χ0n) is 14.1. The van der Waals surface area contributed by atoms with Gasteiger partial charge in [-0.15, -0.1) is 0 Å². The second-order valence-electron chi connectivity index (χ2n) is 5.38. The van der Waals surface area contributed by atoms with Gasteiger partial charge in [-0.25, -0.2) is 9.78 Å². The van der Waals surface area contributed by atoms with Crippen LogP contribution in [0.3, 0.4) is 0 Å². The monoisotopic (exact) mass is 384 g/mol. The molecule has 1 heterocycles. The quantitative estimate of drug-likeness (QED) is 0.201. The molecule has 13 nitrogen and oxygen atoms in total. The second kappa shape index (κ2) is 10.5. The maximum absolute atomic E-state index is 12.2. The lowest BCUT2D eigenvalue weighted by molar-refractivity contribution is -0.147. The van der Waals surface area contributed by atoms with Crippen molar-refractivity contribution in [2.45, 2.75) is 24.9 Å². The van der Waals surface area contributed by atoms with Crippen molar-refractivity contribution in [2.24, 2.45) is 5.73 Å². The van der Waals surface area contributed by atoms with Crippen molar-refractivity contribution in [2.75, 3.05) is 13.1 Å². The minimum Gasteiger partial charge on any atom is -0.481 e. The van der Waals surface area contributed by atoms with Crippen LogP contribution in [0.25, 0.3) is 0 Å². The van der Waals surface area contributed by atoms with Crippen molar-refractivity contribution < 1.29 is 34.2 Å². The third-order valence-corrected chi connectivity index (χ3v) is 3.25. The zero-order valence-corrected chi connectivity index (χ0v) is 14.1. The van der Waals surface area contributed by atoms with Gasteiger partial charge in [-0.1, -0.05) is 0 Å². The number of hydrogen-bond donors (Lipinski definition) is 7. The molecule has 0 bridgehead atoms. The number of aliphatic carboxylic acids is 2. The summed E-state index contributed by atoms with van der Waals surface area (Å²) < 4.78 is 0. The molecular formula is C14H20N6O7. The third kappa shape index (κ3) is 7.96. The molecule has 0 aliphatic heterocycles. The van der Waals surface area contributed by atoms with Crippen LogP contribution in [0.15, 0.2) is 12.5 Å². The predicted octanol–water partition coefficient (Wildman–Crippen LogP) is -3.44. The molecule has 0 aromatic carbocycles. The predicted molar refractivity (Wildman–Crippen MR) is 88.1 cm³/mol. The maximum Gasteiger partial charge on any atom is 0.326 e. The van der Waals surface area contributed by atoms with Crippen molar-refractivity contribution >= 4 is 29.7 Å². The Balaban J connectivity index is 2.63. The standard InChI is InChI=1S/C14H20N6O7/c15-3-10(21)19-8(1-7-4-16-6-18-7)13(25)17-5-11(22)20-9(14(26)27)2-12(23)24/h4,6,8-9H,1-3,5,15H2,(H,16,18)(H,17,25)(H,19,21)(H,20,22)(H,23,24)(H,26,27). The Morgan fingerprint density at radius 3 is 2.30 bits per heavy atom. The van der Waals surface area contributed by atoms with Gasteiger partial charge in [0.15, 0.2) is 0 Å². The van der Waals surface area contributed by atoms with E-state index in [4.69, 9.17) is 15.9 Å². The van der Waals surface area contributed by atoms with E-state index in [0.29, 0.717) is 5.69 Å². The number of nitrogens with zero attached hydrogens (tertiary/aromatic N) is 1. The molecule has 0 fully saturated rings. The molecule has 8 N–H and O–H groups in total. The van der Waals surface area contributed by atoms with Crippen molar-refractivity contribution in [3.8, 4) is 0 Å². The highest BCUT2D eigenvalue weighted by atomic mass is 16.4. The first-order chi connectivity index (χ1) is 12.7. The van der Waals surface area contributed by atoms with Crippen molar-refractivity contribution in [1.82, 2.24) is 25.9 Å². The lowest BCUT2D eigenvalue weighted by atomic mass is 10.1. The van der Waals surface area contributed by atoms with E-state index in [1.807, 2.05) is 5.32 Å². The van der Waals surface area contributed by atoms with Crippen LogP contribution in [0.4, 0.5) is 0 Å². The van der Waals surface area contributed by atoms with Crippen LogP contribution in [0.2, 0.25) is 0 Å². The molecule has 1 aromatic rings. The summed E-state index contributed by atoms with van der Waals surface area (Å²) in [7, 11) is 0. The van der Waals surface area contributed by atoms with Gasteiger partial charge in [0, 0.05) is 18.3 Å². The molecule has 3 amide bonds. The first kappa shape index (κ1) is 21.6. The largest absolute Gasteiger partial charge is 0.481 e. The smallest absolute Gasteiger partial charge is 0.326 e. The van der Waals surface area contributed by atoms with Crippen LogP contribution in [-0.4, -0.2) is 75.0 Å². The number of nitrogens with two attached hydrogens (primary N) is 1. The number of carboxylic acids is 2. The van der Waals surface area contributed by atoms with E-state index in [1.54, 1.807) is 0 Å². The molecule has 0 spiro atoms. The Morgan fingerprint density at radius 1 is 1.11 bits per heavy atom. The minimum absolute atomic E-state index is 0.0515. The Kier molecular flexibility index (Phi) is 8.38. The van der Waals surface area contributed by atoms with E-state index in [-0.39, 0.29) is 13.0 Å². The van der Waals surface area contributed by atoms with Crippen molar-refractivity contribution in [3.63, 3.8) is 0 Å². The van der Waals surface area contributed by atoms with Crippen LogP contribution < -0.4 is 21.7 Å². The Labute approximate surface area is 152 Å². The Morgan fingerprint density at radius 2 is 1.78 bits per heavy atom. The summed E-state index contributed by atoms with van der Waals surface area (Å²) >= 11 is 0. The number of amides is 3. The number of carbonyl (C=O) groups is 5. The number of nitrogens with one attached hydrogen (secondary N) is 4. The lowest BCUT2D eigenvalue weighted by Crippen LogP contribution is -2.52. The molecule has 13 heteroatoms. The first-order valence-electron chi connectivity index (χ1n) is 7.71. The normalized spacial score (nSPS) is 12.5. The van der Waals surface area contributed by atoms with Crippen molar-refractivity contribution in [3.05, 3.63) is 18.2 Å². The van der Waals surface area contributed by atoms with Crippen LogP contribution in [0.5, 0.6) is 0 Å². The van der Waals surface area contributed by atoms with Gasteiger partial charge in [0.2, 0.25) is 17.7 Å². The van der Waals surface area contributed by atoms with E-state index >= 15 is 0 Å². The fraction of sp³-hybridized carbons (Fsp3) is 0.429. The average Bonchev–Trinajstić information content (AvgIpc) is 3.10. The highest BCUT2D eigenvalue weighted by Crippen LogP contribution is 1.99. The van der Waals surface area contributed by atoms with E-state index in [2.05, 4.69) is 20.6 Å². The molecule has 0 radical (unpaired) electrons. The number of carbonyl (C=O) groups excluding carboxylic acids is 3. The van der Waals surface area contributed by atoms with Gasteiger partial charge in [0.1, 0.15) is 12.1 Å². The lowest BCUT2D eigenvalue weighted by Gasteiger charge is -2.18. The van der Waals surface area contributed by atoms with Gasteiger partial charge in [0.25, 0.3) is 0 Å².